The molecule has 1 saturated heterocycles. The van der Waals surface area contributed by atoms with Crippen molar-refractivity contribution in [2.24, 2.45) is 5.92 Å². The molecule has 3 N–H and O–H groups in total. The number of carboxylic acids is 2. The van der Waals surface area contributed by atoms with Crippen LogP contribution in [0.5, 0.6) is 0 Å². The van der Waals surface area contributed by atoms with Crippen molar-refractivity contribution < 1.29 is 19.8 Å². The average molecular weight is 203 g/mol. The molecule has 82 valence electrons. The van der Waals surface area contributed by atoms with Crippen LogP contribution in [0.3, 0.4) is 0 Å². The van der Waals surface area contributed by atoms with Gasteiger partial charge in [0.1, 0.15) is 0 Å². The van der Waals surface area contributed by atoms with Crippen molar-refractivity contribution in [2.75, 3.05) is 13.1 Å². The molecule has 1 heterocycles. The molecule has 1 aliphatic heterocycles. The highest BCUT2D eigenvalue weighted by atomic mass is 16.4. The first-order chi connectivity index (χ1) is 6.55. The summed E-state index contributed by atoms with van der Waals surface area (Å²) in [6, 6.07) is 0. The van der Waals surface area contributed by atoms with Crippen molar-refractivity contribution in [2.45, 2.75) is 26.2 Å². The summed E-state index contributed by atoms with van der Waals surface area (Å²) in [5.41, 5.74) is 0. The Morgan fingerprint density at radius 1 is 1.07 bits per heavy atom. The lowest BCUT2D eigenvalue weighted by molar-refractivity contribution is -0.153. The second kappa shape index (κ2) is 7.32. The molecular formula is C9H17NO4. The van der Waals surface area contributed by atoms with Crippen molar-refractivity contribution in [3.05, 3.63) is 0 Å². The Hall–Kier alpha value is -1.10. The van der Waals surface area contributed by atoms with Gasteiger partial charge in [0.25, 0.3) is 0 Å². The monoisotopic (exact) mass is 203 g/mol. The third-order valence-electron chi connectivity index (χ3n) is 1.95. The number of rotatable bonds is 2. The molecule has 0 unspecified atom stereocenters. The first-order valence-corrected chi connectivity index (χ1v) is 4.72. The van der Waals surface area contributed by atoms with Gasteiger partial charge in [0.15, 0.2) is 5.92 Å². The highest BCUT2D eigenvalue weighted by molar-refractivity contribution is 5.92. The summed E-state index contributed by atoms with van der Waals surface area (Å²) in [6.45, 7) is 3.62. The minimum atomic E-state index is -1.31. The quantitative estimate of drug-likeness (QED) is 0.570. The van der Waals surface area contributed by atoms with Crippen LogP contribution in [0.25, 0.3) is 0 Å². The maximum Gasteiger partial charge on any atom is 0.317 e. The molecule has 0 atom stereocenters. The molecule has 0 aromatic carbocycles. The fourth-order valence-electron chi connectivity index (χ4n) is 0.907. The highest BCUT2D eigenvalue weighted by Crippen LogP contribution is 1.96. The summed E-state index contributed by atoms with van der Waals surface area (Å²) < 4.78 is 0. The Kier molecular flexibility index (Phi) is 6.74. The summed E-state index contributed by atoms with van der Waals surface area (Å²) >= 11 is 0. The van der Waals surface area contributed by atoms with Gasteiger partial charge in [-0.1, -0.05) is 6.42 Å². The summed E-state index contributed by atoms with van der Waals surface area (Å²) in [4.78, 5) is 19.5. The number of nitrogens with one attached hydrogen (secondary N) is 1. The van der Waals surface area contributed by atoms with Crippen molar-refractivity contribution in [3.63, 3.8) is 0 Å². The van der Waals surface area contributed by atoms with E-state index in [1.54, 1.807) is 0 Å². The van der Waals surface area contributed by atoms with Crippen LogP contribution in [-0.4, -0.2) is 35.2 Å². The number of carbonyl (C=O) groups is 2. The summed E-state index contributed by atoms with van der Waals surface area (Å²) in [5, 5.41) is 19.2. The van der Waals surface area contributed by atoms with Gasteiger partial charge in [0, 0.05) is 0 Å². The fourth-order valence-corrected chi connectivity index (χ4v) is 0.907. The van der Waals surface area contributed by atoms with Crippen LogP contribution in [-0.2, 0) is 9.59 Å². The zero-order valence-electron chi connectivity index (χ0n) is 8.32. The molecule has 0 spiro atoms. The first-order valence-electron chi connectivity index (χ1n) is 4.72. The second-order valence-corrected chi connectivity index (χ2v) is 3.21. The van der Waals surface area contributed by atoms with E-state index in [4.69, 9.17) is 10.2 Å². The minimum absolute atomic E-state index is 1.12. The third-order valence-corrected chi connectivity index (χ3v) is 1.95. The van der Waals surface area contributed by atoms with Crippen LogP contribution in [0.4, 0.5) is 0 Å². The molecule has 1 fully saturated rings. The molecule has 0 amide bonds. The minimum Gasteiger partial charge on any atom is -0.481 e. The Morgan fingerprint density at radius 2 is 1.50 bits per heavy atom. The third kappa shape index (κ3) is 6.42. The smallest absolute Gasteiger partial charge is 0.317 e. The molecule has 5 heteroatoms. The van der Waals surface area contributed by atoms with E-state index in [0.29, 0.717) is 0 Å². The van der Waals surface area contributed by atoms with Crippen LogP contribution >= 0.6 is 0 Å². The number of carboxylic acid groups (broad SMARTS) is 2. The predicted molar refractivity (Wildman–Crippen MR) is 51.2 cm³/mol. The van der Waals surface area contributed by atoms with Crippen LogP contribution in [0, 0.1) is 5.92 Å². The maximum absolute atomic E-state index is 9.76. The summed E-state index contributed by atoms with van der Waals surface area (Å²) in [6.07, 6.45) is 4.22. The zero-order chi connectivity index (χ0) is 11.0. The summed E-state index contributed by atoms with van der Waals surface area (Å²) in [5.74, 6) is -3.91. The van der Waals surface area contributed by atoms with E-state index in [-0.39, 0.29) is 0 Å². The van der Waals surface area contributed by atoms with Crippen LogP contribution < -0.4 is 5.32 Å². The fraction of sp³-hybridized carbons (Fsp3) is 0.778. The molecule has 5 nitrogen and oxygen atoms in total. The molecule has 14 heavy (non-hydrogen) atoms. The van der Waals surface area contributed by atoms with E-state index >= 15 is 0 Å². The average Bonchev–Trinajstić information content (AvgIpc) is 2.20. The van der Waals surface area contributed by atoms with E-state index < -0.39 is 17.9 Å². The van der Waals surface area contributed by atoms with Gasteiger partial charge in [-0.25, -0.2) is 0 Å². The lowest BCUT2D eigenvalue weighted by Crippen LogP contribution is -2.21. The standard InChI is InChI=1S/C5H11N.C4H6O4/c1-2-4-6-5-3-1;1-2(3(5)6)4(7)8/h6H,1-5H2;2H,1H3,(H,5,6)(H,7,8). The Bertz CT molecular complexity index is 164. The topological polar surface area (TPSA) is 86.6 Å². The van der Waals surface area contributed by atoms with E-state index in [1.807, 2.05) is 0 Å². The highest BCUT2D eigenvalue weighted by Gasteiger charge is 2.18. The number of piperidine rings is 1. The normalized spacial score (nSPS) is 15.6. The first kappa shape index (κ1) is 12.9. The van der Waals surface area contributed by atoms with Gasteiger partial charge in [0.05, 0.1) is 0 Å². The SMILES string of the molecule is C1CCNCC1.CC(C(=O)O)C(=O)O. The zero-order valence-corrected chi connectivity index (χ0v) is 8.32. The predicted octanol–water partition coefficient (Wildman–Crippen LogP) is 0.552. The van der Waals surface area contributed by atoms with Crippen molar-refractivity contribution in [1.82, 2.24) is 5.32 Å². The number of aliphatic carboxylic acids is 2. The maximum atomic E-state index is 9.76. The number of hydrogen-bond donors (Lipinski definition) is 3. The van der Waals surface area contributed by atoms with Crippen molar-refractivity contribution in [1.29, 1.82) is 0 Å². The van der Waals surface area contributed by atoms with Gasteiger partial charge in [-0.2, -0.15) is 0 Å². The molecule has 0 aromatic heterocycles. The van der Waals surface area contributed by atoms with Gasteiger partial charge in [-0.15, -0.1) is 0 Å². The lowest BCUT2D eigenvalue weighted by Gasteiger charge is -2.08. The molecule has 0 saturated carbocycles. The van der Waals surface area contributed by atoms with Gasteiger partial charge >= 0.3 is 11.9 Å². The van der Waals surface area contributed by atoms with Crippen molar-refractivity contribution in [3.8, 4) is 0 Å². The molecular weight excluding hydrogens is 186 g/mol. The molecule has 0 aromatic rings. The van der Waals surface area contributed by atoms with Crippen LogP contribution in [0.15, 0.2) is 0 Å². The molecule has 1 aliphatic rings. The van der Waals surface area contributed by atoms with Crippen molar-refractivity contribution >= 4 is 11.9 Å². The van der Waals surface area contributed by atoms with Gasteiger partial charge < -0.3 is 15.5 Å². The molecule has 0 bridgehead atoms. The lowest BCUT2D eigenvalue weighted by atomic mass is 10.2. The van der Waals surface area contributed by atoms with E-state index in [1.165, 1.54) is 32.4 Å². The van der Waals surface area contributed by atoms with Gasteiger partial charge in [-0.05, 0) is 32.9 Å². The van der Waals surface area contributed by atoms with E-state index in [2.05, 4.69) is 5.32 Å². The number of hydrogen-bond acceptors (Lipinski definition) is 3. The van der Waals surface area contributed by atoms with Crippen LogP contribution in [0.2, 0.25) is 0 Å². The van der Waals surface area contributed by atoms with Crippen LogP contribution in [0.1, 0.15) is 26.2 Å². The van der Waals surface area contributed by atoms with E-state index in [0.717, 1.165) is 6.92 Å². The van der Waals surface area contributed by atoms with Gasteiger partial charge in [-0.3, -0.25) is 9.59 Å². The Balaban J connectivity index is 0.000000249. The Labute approximate surface area is 83.1 Å². The molecule has 0 radical (unpaired) electrons. The molecule has 0 aliphatic carbocycles. The molecule has 1 rings (SSSR count). The largest absolute Gasteiger partial charge is 0.481 e. The van der Waals surface area contributed by atoms with E-state index in [9.17, 15) is 9.59 Å². The van der Waals surface area contributed by atoms with Gasteiger partial charge in [0.2, 0.25) is 0 Å². The Morgan fingerprint density at radius 3 is 1.57 bits per heavy atom. The summed E-state index contributed by atoms with van der Waals surface area (Å²) in [7, 11) is 0. The second-order valence-electron chi connectivity index (χ2n) is 3.21.